The maximum absolute atomic E-state index is 11.7. The molecule has 0 aliphatic rings. The van der Waals surface area contributed by atoms with Crippen molar-refractivity contribution in [2.24, 2.45) is 0 Å². The van der Waals surface area contributed by atoms with Crippen LogP contribution in [0.3, 0.4) is 0 Å². The van der Waals surface area contributed by atoms with Gasteiger partial charge in [0, 0.05) is 16.5 Å². The second-order valence-corrected chi connectivity index (χ2v) is 6.53. The van der Waals surface area contributed by atoms with E-state index in [9.17, 15) is 10.1 Å². The molecule has 0 saturated heterocycles. The summed E-state index contributed by atoms with van der Waals surface area (Å²) in [5, 5.41) is 15.8. The molecule has 0 saturated carbocycles. The summed E-state index contributed by atoms with van der Waals surface area (Å²) < 4.78 is 5.24. The number of anilines is 1. The number of aromatic nitrogens is 3. The average Bonchev–Trinajstić information content (AvgIpc) is 3.20. The third-order valence-electron chi connectivity index (χ3n) is 3.78. The number of furan rings is 1. The fourth-order valence-electron chi connectivity index (χ4n) is 2.58. The molecule has 0 spiro atoms. The van der Waals surface area contributed by atoms with Crippen LogP contribution in [0.2, 0.25) is 0 Å². The second kappa shape index (κ2) is 7.42. The molecular weight excluding hydrogens is 366 g/mol. The molecule has 0 aliphatic carbocycles. The zero-order valence-corrected chi connectivity index (χ0v) is 14.7. The lowest BCUT2D eigenvalue weighted by Crippen LogP contribution is -2.06. The summed E-state index contributed by atoms with van der Waals surface area (Å²) in [7, 11) is 0. The van der Waals surface area contributed by atoms with E-state index in [-0.39, 0.29) is 23.1 Å². The fourth-order valence-corrected chi connectivity index (χ4v) is 3.57. The minimum atomic E-state index is -0.481. The maximum Gasteiger partial charge on any atom is 0.343 e. The first-order valence-electron chi connectivity index (χ1n) is 7.99. The third-order valence-corrected chi connectivity index (χ3v) is 4.83. The van der Waals surface area contributed by atoms with Crippen LogP contribution >= 0.6 is 11.8 Å². The van der Waals surface area contributed by atoms with Crippen molar-refractivity contribution < 1.29 is 9.34 Å². The van der Waals surface area contributed by atoms with E-state index in [0.717, 1.165) is 15.8 Å². The summed E-state index contributed by atoms with van der Waals surface area (Å²) in [5.74, 6) is 0.789. The van der Waals surface area contributed by atoms with Crippen LogP contribution in [0, 0.1) is 10.1 Å². The standard InChI is InChI=1S/C18H13N5O3S/c24-23(25)16-17(20-10-13-6-3-9-26-13)21-11-22-18(16)27-14-7-1-4-12-5-2-8-19-15(12)14/h1-9,11H,10H2,(H,20,21,22). The molecule has 0 bridgehead atoms. The molecule has 4 rings (SSSR count). The summed E-state index contributed by atoms with van der Waals surface area (Å²) in [4.78, 5) is 24.5. The van der Waals surface area contributed by atoms with Crippen LogP contribution in [0.15, 0.2) is 75.6 Å². The Balaban J connectivity index is 1.69. The lowest BCUT2D eigenvalue weighted by Gasteiger charge is -2.08. The number of nitrogens with zero attached hydrogens (tertiary/aromatic N) is 4. The number of fused-ring (bicyclic) bond motifs is 1. The van der Waals surface area contributed by atoms with Gasteiger partial charge in [-0.05, 0) is 24.3 Å². The largest absolute Gasteiger partial charge is 0.467 e. The number of nitro groups is 1. The van der Waals surface area contributed by atoms with E-state index in [1.54, 1.807) is 24.6 Å². The Morgan fingerprint density at radius 1 is 1.11 bits per heavy atom. The number of hydrogen-bond donors (Lipinski definition) is 1. The zero-order chi connectivity index (χ0) is 18.6. The summed E-state index contributed by atoms with van der Waals surface area (Å²) in [6, 6.07) is 13.0. The SMILES string of the molecule is O=[N+]([O-])c1c(NCc2ccco2)ncnc1Sc1cccc2cccnc12. The highest BCUT2D eigenvalue weighted by Crippen LogP contribution is 2.38. The highest BCUT2D eigenvalue weighted by Gasteiger charge is 2.24. The monoisotopic (exact) mass is 379 g/mol. The molecule has 0 fully saturated rings. The molecular formula is C18H13N5O3S. The lowest BCUT2D eigenvalue weighted by atomic mass is 10.2. The number of pyridine rings is 1. The van der Waals surface area contributed by atoms with E-state index < -0.39 is 4.92 Å². The molecule has 27 heavy (non-hydrogen) atoms. The van der Waals surface area contributed by atoms with Crippen LogP contribution in [-0.4, -0.2) is 19.9 Å². The Morgan fingerprint density at radius 2 is 2.00 bits per heavy atom. The molecule has 9 heteroatoms. The van der Waals surface area contributed by atoms with Crippen LogP contribution in [0.5, 0.6) is 0 Å². The van der Waals surface area contributed by atoms with Gasteiger partial charge in [-0.2, -0.15) is 0 Å². The van der Waals surface area contributed by atoms with Gasteiger partial charge in [0.15, 0.2) is 5.03 Å². The van der Waals surface area contributed by atoms with Gasteiger partial charge in [0.25, 0.3) is 0 Å². The van der Waals surface area contributed by atoms with Crippen molar-refractivity contribution in [3.05, 3.63) is 77.1 Å². The van der Waals surface area contributed by atoms with Crippen molar-refractivity contribution >= 4 is 34.2 Å². The van der Waals surface area contributed by atoms with Gasteiger partial charge >= 0.3 is 5.69 Å². The molecule has 1 N–H and O–H groups in total. The molecule has 8 nitrogen and oxygen atoms in total. The molecule has 0 unspecified atom stereocenters. The van der Waals surface area contributed by atoms with Gasteiger partial charge in [-0.15, -0.1) is 0 Å². The van der Waals surface area contributed by atoms with Crippen LogP contribution in [-0.2, 0) is 6.54 Å². The minimum Gasteiger partial charge on any atom is -0.467 e. The predicted molar refractivity (Wildman–Crippen MR) is 101 cm³/mol. The molecule has 0 amide bonds. The zero-order valence-electron chi connectivity index (χ0n) is 13.9. The number of nitrogens with one attached hydrogen (secondary N) is 1. The van der Waals surface area contributed by atoms with Crippen molar-refractivity contribution in [2.45, 2.75) is 16.5 Å². The molecule has 1 aromatic carbocycles. The molecule has 0 radical (unpaired) electrons. The van der Waals surface area contributed by atoms with E-state index in [0.29, 0.717) is 5.76 Å². The first-order valence-corrected chi connectivity index (χ1v) is 8.81. The van der Waals surface area contributed by atoms with Crippen molar-refractivity contribution in [1.29, 1.82) is 0 Å². The summed E-state index contributed by atoms with van der Waals surface area (Å²) in [5.41, 5.74) is 0.588. The lowest BCUT2D eigenvalue weighted by molar-refractivity contribution is -0.387. The summed E-state index contributed by atoms with van der Waals surface area (Å²) >= 11 is 1.19. The highest BCUT2D eigenvalue weighted by atomic mass is 32.2. The number of rotatable bonds is 6. The number of hydrogen-bond acceptors (Lipinski definition) is 8. The highest BCUT2D eigenvalue weighted by molar-refractivity contribution is 7.99. The van der Waals surface area contributed by atoms with Crippen molar-refractivity contribution in [1.82, 2.24) is 15.0 Å². The maximum atomic E-state index is 11.7. The Hall–Kier alpha value is -3.46. The van der Waals surface area contributed by atoms with Gasteiger partial charge in [-0.3, -0.25) is 15.1 Å². The Morgan fingerprint density at radius 3 is 2.81 bits per heavy atom. The van der Waals surface area contributed by atoms with Crippen molar-refractivity contribution in [3.8, 4) is 0 Å². The number of benzene rings is 1. The van der Waals surface area contributed by atoms with Crippen LogP contribution in [0.4, 0.5) is 11.5 Å². The van der Waals surface area contributed by atoms with E-state index in [1.807, 2.05) is 30.3 Å². The normalized spacial score (nSPS) is 10.8. The van der Waals surface area contributed by atoms with Gasteiger partial charge in [0.1, 0.15) is 12.1 Å². The first kappa shape index (κ1) is 17.0. The topological polar surface area (TPSA) is 107 Å². The Kier molecular flexibility index (Phi) is 4.67. The van der Waals surface area contributed by atoms with Gasteiger partial charge in [0.2, 0.25) is 5.82 Å². The molecule has 134 valence electrons. The smallest absolute Gasteiger partial charge is 0.343 e. The van der Waals surface area contributed by atoms with Gasteiger partial charge in [-0.1, -0.05) is 30.0 Å². The van der Waals surface area contributed by atoms with Crippen LogP contribution in [0.25, 0.3) is 10.9 Å². The first-order chi connectivity index (χ1) is 13.2. The molecule has 4 aromatic rings. The third kappa shape index (κ3) is 3.58. The molecule has 3 aromatic heterocycles. The van der Waals surface area contributed by atoms with Crippen molar-refractivity contribution in [3.63, 3.8) is 0 Å². The van der Waals surface area contributed by atoms with E-state index in [4.69, 9.17) is 4.42 Å². The van der Waals surface area contributed by atoms with Crippen molar-refractivity contribution in [2.75, 3.05) is 5.32 Å². The minimum absolute atomic E-state index is 0.141. The summed E-state index contributed by atoms with van der Waals surface area (Å²) in [6.45, 7) is 0.283. The molecule has 0 aliphatic heterocycles. The summed E-state index contributed by atoms with van der Waals surface area (Å²) in [6.07, 6.45) is 4.54. The van der Waals surface area contributed by atoms with Crippen LogP contribution in [0.1, 0.15) is 5.76 Å². The number of para-hydroxylation sites is 1. The average molecular weight is 379 g/mol. The predicted octanol–water partition coefficient (Wildman–Crippen LogP) is 4.29. The van der Waals surface area contributed by atoms with Gasteiger partial charge < -0.3 is 9.73 Å². The van der Waals surface area contributed by atoms with E-state index in [1.165, 1.54) is 18.1 Å². The quantitative estimate of drug-likeness (QED) is 0.300. The van der Waals surface area contributed by atoms with E-state index >= 15 is 0 Å². The fraction of sp³-hybridized carbons (Fsp3) is 0.0556. The Bertz CT molecular complexity index is 1100. The van der Waals surface area contributed by atoms with E-state index in [2.05, 4.69) is 20.3 Å². The second-order valence-electron chi connectivity index (χ2n) is 5.50. The Labute approximate surface area is 157 Å². The van der Waals surface area contributed by atoms with Gasteiger partial charge in [0.05, 0.1) is 23.2 Å². The molecule has 0 atom stereocenters. The molecule has 3 heterocycles. The van der Waals surface area contributed by atoms with Gasteiger partial charge in [-0.25, -0.2) is 9.97 Å². The van der Waals surface area contributed by atoms with Crippen LogP contribution < -0.4 is 5.32 Å².